The summed E-state index contributed by atoms with van der Waals surface area (Å²) >= 11 is 0. The second-order valence-corrected chi connectivity index (χ2v) is 4.22. The van der Waals surface area contributed by atoms with Crippen molar-refractivity contribution in [2.75, 3.05) is 12.4 Å². The van der Waals surface area contributed by atoms with Crippen molar-refractivity contribution in [3.63, 3.8) is 0 Å². The van der Waals surface area contributed by atoms with E-state index in [1.54, 1.807) is 30.1 Å². The molecule has 6 nitrogen and oxygen atoms in total. The smallest absolute Gasteiger partial charge is 0.270 e. The first-order chi connectivity index (χ1) is 9.11. The van der Waals surface area contributed by atoms with E-state index in [1.807, 2.05) is 20.0 Å². The topological polar surface area (TPSA) is 71.8 Å². The van der Waals surface area contributed by atoms with Gasteiger partial charge in [-0.05, 0) is 19.1 Å². The monoisotopic (exact) mass is 259 g/mol. The first kappa shape index (κ1) is 13.1. The average Bonchev–Trinajstić information content (AvgIpc) is 2.76. The molecule has 0 fully saturated rings. The average molecular weight is 259 g/mol. The third-order valence-corrected chi connectivity index (χ3v) is 3.01. The zero-order valence-corrected chi connectivity index (χ0v) is 11.3. The number of hydrogen-bond donors (Lipinski definition) is 2. The predicted octanol–water partition coefficient (Wildman–Crippen LogP) is 1.10. The summed E-state index contributed by atoms with van der Waals surface area (Å²) in [6.45, 7) is 2.42. The van der Waals surface area contributed by atoms with Crippen molar-refractivity contribution in [2.24, 2.45) is 7.05 Å². The molecule has 0 spiro atoms. The molecule has 0 saturated heterocycles. The molecule has 2 heterocycles. The standard InChI is InChI=1S/C13H17N5O/c1-9-10(8-16-18(9)3)7-15-13(19)11-5-4-6-12(14-2)17-11/h4-6,8H,7H2,1-3H3,(H,14,17)(H,15,19). The minimum Gasteiger partial charge on any atom is -0.373 e. The van der Waals surface area contributed by atoms with Gasteiger partial charge < -0.3 is 10.6 Å². The van der Waals surface area contributed by atoms with Gasteiger partial charge in [-0.1, -0.05) is 6.07 Å². The fourth-order valence-corrected chi connectivity index (χ4v) is 1.68. The Morgan fingerprint density at radius 1 is 1.42 bits per heavy atom. The van der Waals surface area contributed by atoms with Crippen LogP contribution in [0.2, 0.25) is 0 Å². The van der Waals surface area contributed by atoms with Crippen LogP contribution in [0, 0.1) is 6.92 Å². The maximum Gasteiger partial charge on any atom is 0.270 e. The Morgan fingerprint density at radius 2 is 2.21 bits per heavy atom. The van der Waals surface area contributed by atoms with E-state index in [9.17, 15) is 4.79 Å². The van der Waals surface area contributed by atoms with E-state index in [2.05, 4.69) is 20.7 Å². The number of rotatable bonds is 4. The number of amides is 1. The van der Waals surface area contributed by atoms with E-state index >= 15 is 0 Å². The molecule has 0 aliphatic carbocycles. The molecule has 1 amide bonds. The molecule has 0 radical (unpaired) electrons. The van der Waals surface area contributed by atoms with Gasteiger partial charge in [0.1, 0.15) is 11.5 Å². The largest absolute Gasteiger partial charge is 0.373 e. The highest BCUT2D eigenvalue weighted by atomic mass is 16.1. The van der Waals surface area contributed by atoms with Crippen molar-refractivity contribution in [1.29, 1.82) is 0 Å². The van der Waals surface area contributed by atoms with E-state index in [4.69, 9.17) is 0 Å². The Morgan fingerprint density at radius 3 is 2.84 bits per heavy atom. The highest BCUT2D eigenvalue weighted by Gasteiger charge is 2.09. The molecule has 2 aromatic rings. The lowest BCUT2D eigenvalue weighted by molar-refractivity contribution is 0.0946. The predicted molar refractivity (Wildman–Crippen MR) is 72.9 cm³/mol. The molecule has 0 saturated carbocycles. The second kappa shape index (κ2) is 5.51. The molecule has 19 heavy (non-hydrogen) atoms. The molecule has 100 valence electrons. The van der Waals surface area contributed by atoms with Crippen LogP contribution in [0.4, 0.5) is 5.82 Å². The van der Waals surface area contributed by atoms with Crippen LogP contribution in [0.5, 0.6) is 0 Å². The van der Waals surface area contributed by atoms with Gasteiger partial charge in [0.2, 0.25) is 0 Å². The van der Waals surface area contributed by atoms with Crippen LogP contribution in [0.1, 0.15) is 21.7 Å². The van der Waals surface area contributed by atoms with Crippen molar-refractivity contribution in [2.45, 2.75) is 13.5 Å². The van der Waals surface area contributed by atoms with Crippen LogP contribution >= 0.6 is 0 Å². The van der Waals surface area contributed by atoms with Gasteiger partial charge in [0.15, 0.2) is 0 Å². The normalized spacial score (nSPS) is 10.3. The number of carbonyl (C=O) groups is 1. The fourth-order valence-electron chi connectivity index (χ4n) is 1.68. The summed E-state index contributed by atoms with van der Waals surface area (Å²) in [4.78, 5) is 16.2. The zero-order valence-electron chi connectivity index (χ0n) is 11.3. The summed E-state index contributed by atoms with van der Waals surface area (Å²) in [7, 11) is 3.64. The van der Waals surface area contributed by atoms with Gasteiger partial charge in [-0.3, -0.25) is 9.48 Å². The summed E-state index contributed by atoms with van der Waals surface area (Å²) in [6.07, 6.45) is 1.76. The number of pyridine rings is 1. The van der Waals surface area contributed by atoms with E-state index in [0.717, 1.165) is 11.3 Å². The summed E-state index contributed by atoms with van der Waals surface area (Å²) in [5, 5.41) is 9.88. The maximum absolute atomic E-state index is 12.0. The highest BCUT2D eigenvalue weighted by Crippen LogP contribution is 2.06. The van der Waals surface area contributed by atoms with Crippen molar-refractivity contribution >= 4 is 11.7 Å². The number of aryl methyl sites for hydroxylation is 1. The molecule has 2 N–H and O–H groups in total. The molecular formula is C13H17N5O. The van der Waals surface area contributed by atoms with E-state index < -0.39 is 0 Å². The fraction of sp³-hybridized carbons (Fsp3) is 0.308. The Labute approximate surface area is 111 Å². The van der Waals surface area contributed by atoms with Crippen molar-refractivity contribution in [3.8, 4) is 0 Å². The van der Waals surface area contributed by atoms with Crippen molar-refractivity contribution < 1.29 is 4.79 Å². The van der Waals surface area contributed by atoms with Gasteiger partial charge in [0.05, 0.1) is 6.20 Å². The zero-order chi connectivity index (χ0) is 13.8. The summed E-state index contributed by atoms with van der Waals surface area (Å²) in [5.74, 6) is 0.477. The minimum absolute atomic E-state index is 0.194. The number of carbonyl (C=O) groups excluding carboxylic acids is 1. The van der Waals surface area contributed by atoms with Gasteiger partial charge in [-0.25, -0.2) is 4.98 Å². The van der Waals surface area contributed by atoms with Crippen LogP contribution in [-0.4, -0.2) is 27.7 Å². The second-order valence-electron chi connectivity index (χ2n) is 4.22. The van der Waals surface area contributed by atoms with Gasteiger partial charge in [-0.15, -0.1) is 0 Å². The van der Waals surface area contributed by atoms with Gasteiger partial charge >= 0.3 is 0 Å². The van der Waals surface area contributed by atoms with Gasteiger partial charge in [-0.2, -0.15) is 5.10 Å². The van der Waals surface area contributed by atoms with E-state index in [-0.39, 0.29) is 5.91 Å². The Kier molecular flexibility index (Phi) is 3.79. The maximum atomic E-state index is 12.0. The van der Waals surface area contributed by atoms with Gasteiger partial charge in [0, 0.05) is 31.9 Å². The van der Waals surface area contributed by atoms with Crippen LogP contribution in [-0.2, 0) is 13.6 Å². The third-order valence-electron chi connectivity index (χ3n) is 3.01. The SMILES string of the molecule is CNc1cccc(C(=O)NCc2cnn(C)c2C)n1. The highest BCUT2D eigenvalue weighted by molar-refractivity contribution is 5.92. The lowest BCUT2D eigenvalue weighted by Gasteiger charge is -2.06. The summed E-state index contributed by atoms with van der Waals surface area (Å²) < 4.78 is 1.78. The number of aromatic nitrogens is 3. The summed E-state index contributed by atoms with van der Waals surface area (Å²) in [5.41, 5.74) is 2.44. The minimum atomic E-state index is -0.194. The molecule has 6 heteroatoms. The van der Waals surface area contributed by atoms with E-state index in [1.165, 1.54) is 0 Å². The Balaban J connectivity index is 2.03. The molecule has 2 rings (SSSR count). The van der Waals surface area contributed by atoms with Gasteiger partial charge in [0.25, 0.3) is 5.91 Å². The first-order valence-electron chi connectivity index (χ1n) is 6.02. The van der Waals surface area contributed by atoms with Crippen LogP contribution in [0.3, 0.4) is 0 Å². The Hall–Kier alpha value is -2.37. The summed E-state index contributed by atoms with van der Waals surface area (Å²) in [6, 6.07) is 5.29. The number of nitrogens with one attached hydrogen (secondary N) is 2. The Bertz CT molecular complexity index is 590. The first-order valence-corrected chi connectivity index (χ1v) is 6.02. The number of anilines is 1. The quantitative estimate of drug-likeness (QED) is 0.862. The lowest BCUT2D eigenvalue weighted by Crippen LogP contribution is -2.24. The molecule has 0 aromatic carbocycles. The molecule has 0 aliphatic rings. The molecule has 0 bridgehead atoms. The number of hydrogen-bond acceptors (Lipinski definition) is 4. The molecule has 0 aliphatic heterocycles. The van der Waals surface area contributed by atoms with Crippen molar-refractivity contribution in [1.82, 2.24) is 20.1 Å². The van der Waals surface area contributed by atoms with Crippen LogP contribution in [0.25, 0.3) is 0 Å². The third kappa shape index (κ3) is 2.90. The molecule has 0 unspecified atom stereocenters. The van der Waals surface area contributed by atoms with Crippen molar-refractivity contribution in [3.05, 3.63) is 41.3 Å². The number of nitrogens with zero attached hydrogens (tertiary/aromatic N) is 3. The van der Waals surface area contributed by atoms with Crippen LogP contribution in [0.15, 0.2) is 24.4 Å². The van der Waals surface area contributed by atoms with Crippen LogP contribution < -0.4 is 10.6 Å². The van der Waals surface area contributed by atoms with E-state index in [0.29, 0.717) is 18.1 Å². The molecular weight excluding hydrogens is 242 g/mol. The molecule has 2 aromatic heterocycles. The lowest BCUT2D eigenvalue weighted by atomic mass is 10.2. The molecule has 0 atom stereocenters.